The average molecular weight is 392 g/mol. The van der Waals surface area contributed by atoms with E-state index < -0.39 is 24.9 Å². The summed E-state index contributed by atoms with van der Waals surface area (Å²) in [5, 5.41) is 0. The van der Waals surface area contributed by atoms with Gasteiger partial charge in [0.1, 0.15) is 0 Å². The standard InChI is InChI=1S/C19H24N2O7/c1-13(18(23)14-4-5-15-16(10-14)26-11-25-15)20(2)19(24)28-12-27-17(22)6-9-21-7-3-8-21/h4-5,10,13H,3,6-9,11-12H2,1-2H3. The number of rotatable bonds is 8. The first kappa shape index (κ1) is 19.9. The first-order valence-corrected chi connectivity index (χ1v) is 9.17. The molecule has 3 rings (SSSR count). The molecule has 0 aliphatic carbocycles. The van der Waals surface area contributed by atoms with Crippen molar-refractivity contribution in [2.24, 2.45) is 0 Å². The Bertz CT molecular complexity index is 748. The molecule has 0 spiro atoms. The van der Waals surface area contributed by atoms with Crippen molar-refractivity contribution in [3.63, 3.8) is 0 Å². The van der Waals surface area contributed by atoms with Crippen LogP contribution in [0.5, 0.6) is 11.5 Å². The van der Waals surface area contributed by atoms with E-state index in [0.29, 0.717) is 23.6 Å². The van der Waals surface area contributed by atoms with Crippen LogP contribution in [0.3, 0.4) is 0 Å². The number of carbonyl (C=O) groups excluding carboxylic acids is 3. The van der Waals surface area contributed by atoms with E-state index in [2.05, 4.69) is 4.90 Å². The zero-order valence-corrected chi connectivity index (χ0v) is 16.0. The monoisotopic (exact) mass is 392 g/mol. The molecule has 1 unspecified atom stereocenters. The number of benzene rings is 1. The van der Waals surface area contributed by atoms with Gasteiger partial charge in [0.25, 0.3) is 0 Å². The number of hydrogen-bond acceptors (Lipinski definition) is 8. The first-order valence-electron chi connectivity index (χ1n) is 9.17. The topological polar surface area (TPSA) is 94.6 Å². The summed E-state index contributed by atoms with van der Waals surface area (Å²) in [5.41, 5.74) is 0.397. The number of ether oxygens (including phenoxy) is 4. The van der Waals surface area contributed by atoms with Crippen LogP contribution in [-0.4, -0.2) is 74.0 Å². The summed E-state index contributed by atoms with van der Waals surface area (Å²) in [6.07, 6.45) is 0.659. The summed E-state index contributed by atoms with van der Waals surface area (Å²) in [5.74, 6) is 0.373. The summed E-state index contributed by atoms with van der Waals surface area (Å²) in [4.78, 5) is 39.7. The number of hydrogen-bond donors (Lipinski definition) is 0. The summed E-state index contributed by atoms with van der Waals surface area (Å²) in [7, 11) is 1.45. The van der Waals surface area contributed by atoms with Gasteiger partial charge in [0.05, 0.1) is 12.5 Å². The van der Waals surface area contributed by atoms with Gasteiger partial charge in [-0.1, -0.05) is 0 Å². The number of carbonyl (C=O) groups is 3. The predicted octanol–water partition coefficient (Wildman–Crippen LogP) is 1.65. The molecule has 2 heterocycles. The third-order valence-corrected chi connectivity index (χ3v) is 4.89. The second-order valence-corrected chi connectivity index (χ2v) is 6.71. The maximum Gasteiger partial charge on any atom is 0.413 e. The van der Waals surface area contributed by atoms with Gasteiger partial charge in [0.15, 0.2) is 17.3 Å². The van der Waals surface area contributed by atoms with Gasteiger partial charge in [-0.3, -0.25) is 9.59 Å². The first-order chi connectivity index (χ1) is 13.5. The lowest BCUT2D eigenvalue weighted by Gasteiger charge is -2.30. The summed E-state index contributed by atoms with van der Waals surface area (Å²) >= 11 is 0. The normalized spacial score (nSPS) is 16.1. The van der Waals surface area contributed by atoms with Crippen LogP contribution in [0.1, 0.15) is 30.1 Å². The lowest BCUT2D eigenvalue weighted by atomic mass is 10.0. The molecule has 1 aromatic carbocycles. The number of esters is 1. The molecule has 0 N–H and O–H groups in total. The molecule has 0 radical (unpaired) electrons. The molecule has 2 aliphatic rings. The molecule has 0 aromatic heterocycles. The molecule has 1 fully saturated rings. The van der Waals surface area contributed by atoms with Gasteiger partial charge >= 0.3 is 12.1 Å². The maximum atomic E-state index is 12.6. The molecular formula is C19H24N2O7. The van der Waals surface area contributed by atoms with Crippen LogP contribution in [-0.2, 0) is 14.3 Å². The lowest BCUT2D eigenvalue weighted by molar-refractivity contribution is -0.153. The predicted molar refractivity (Wildman–Crippen MR) is 97.2 cm³/mol. The summed E-state index contributed by atoms with van der Waals surface area (Å²) < 4.78 is 20.3. The minimum absolute atomic E-state index is 0.117. The zero-order valence-electron chi connectivity index (χ0n) is 16.0. The van der Waals surface area contributed by atoms with Gasteiger partial charge in [-0.15, -0.1) is 0 Å². The van der Waals surface area contributed by atoms with Crippen molar-refractivity contribution in [3.8, 4) is 11.5 Å². The fourth-order valence-corrected chi connectivity index (χ4v) is 2.80. The highest BCUT2D eigenvalue weighted by Crippen LogP contribution is 2.33. The Morgan fingerprint density at radius 2 is 1.93 bits per heavy atom. The molecule has 2 aliphatic heterocycles. The van der Waals surface area contributed by atoms with Crippen molar-refractivity contribution in [2.45, 2.75) is 25.8 Å². The number of fused-ring (bicyclic) bond motifs is 1. The van der Waals surface area contributed by atoms with E-state index in [1.165, 1.54) is 7.05 Å². The van der Waals surface area contributed by atoms with Gasteiger partial charge in [-0.2, -0.15) is 0 Å². The third kappa shape index (κ3) is 4.72. The van der Waals surface area contributed by atoms with Crippen LogP contribution >= 0.6 is 0 Å². The molecule has 9 heteroatoms. The van der Waals surface area contributed by atoms with Crippen LogP contribution < -0.4 is 9.47 Å². The lowest BCUT2D eigenvalue weighted by Crippen LogP contribution is -2.41. The quantitative estimate of drug-likeness (QED) is 0.374. The maximum absolute atomic E-state index is 12.6. The zero-order chi connectivity index (χ0) is 20.1. The van der Waals surface area contributed by atoms with E-state index in [9.17, 15) is 14.4 Å². The Morgan fingerprint density at radius 1 is 1.18 bits per heavy atom. The number of ketones is 1. The second kappa shape index (κ2) is 8.92. The van der Waals surface area contributed by atoms with E-state index in [4.69, 9.17) is 18.9 Å². The fourth-order valence-electron chi connectivity index (χ4n) is 2.80. The highest BCUT2D eigenvalue weighted by Gasteiger charge is 2.26. The summed E-state index contributed by atoms with van der Waals surface area (Å²) in [6.45, 7) is 3.88. The Hall–Kier alpha value is -2.81. The van der Waals surface area contributed by atoms with E-state index in [-0.39, 0.29) is 19.0 Å². The van der Waals surface area contributed by atoms with Gasteiger partial charge in [-0.25, -0.2) is 4.79 Å². The Morgan fingerprint density at radius 3 is 2.64 bits per heavy atom. The van der Waals surface area contributed by atoms with Crippen LogP contribution in [0.25, 0.3) is 0 Å². The molecule has 0 saturated carbocycles. The van der Waals surface area contributed by atoms with Crippen molar-refractivity contribution in [3.05, 3.63) is 23.8 Å². The molecule has 152 valence electrons. The van der Waals surface area contributed by atoms with E-state index >= 15 is 0 Å². The molecule has 1 amide bonds. The van der Waals surface area contributed by atoms with Gasteiger partial charge in [0, 0.05) is 19.2 Å². The smallest absolute Gasteiger partial charge is 0.413 e. The molecule has 1 saturated heterocycles. The molecule has 1 atom stereocenters. The largest absolute Gasteiger partial charge is 0.454 e. The highest BCUT2D eigenvalue weighted by molar-refractivity contribution is 6.01. The minimum Gasteiger partial charge on any atom is -0.454 e. The van der Waals surface area contributed by atoms with Crippen molar-refractivity contribution >= 4 is 17.8 Å². The Labute approximate surface area is 163 Å². The highest BCUT2D eigenvalue weighted by atomic mass is 16.7. The Balaban J connectivity index is 1.42. The number of nitrogens with zero attached hydrogens (tertiary/aromatic N) is 2. The third-order valence-electron chi connectivity index (χ3n) is 4.89. The molecule has 9 nitrogen and oxygen atoms in total. The van der Waals surface area contributed by atoms with Gasteiger partial charge in [-0.05, 0) is 44.6 Å². The number of likely N-dealkylation sites (tertiary alicyclic amines) is 1. The van der Waals surface area contributed by atoms with Crippen LogP contribution in [0, 0.1) is 0 Å². The van der Waals surface area contributed by atoms with Crippen LogP contribution in [0.15, 0.2) is 18.2 Å². The van der Waals surface area contributed by atoms with E-state index in [1.54, 1.807) is 25.1 Å². The van der Waals surface area contributed by atoms with Crippen LogP contribution in [0.4, 0.5) is 4.79 Å². The van der Waals surface area contributed by atoms with Gasteiger partial charge in [0.2, 0.25) is 13.6 Å². The SMILES string of the molecule is CC(C(=O)c1ccc2c(c1)OCO2)N(C)C(=O)OCOC(=O)CCN1CCC1. The van der Waals surface area contributed by atoms with E-state index in [1.807, 2.05) is 0 Å². The number of Topliss-reactive ketones (excluding diaryl/α,β-unsaturated/α-hetero) is 1. The summed E-state index contributed by atoms with van der Waals surface area (Å²) in [6, 6.07) is 4.08. The Kier molecular flexibility index (Phi) is 6.35. The van der Waals surface area contributed by atoms with E-state index in [0.717, 1.165) is 24.4 Å². The van der Waals surface area contributed by atoms with Crippen molar-refractivity contribution < 1.29 is 33.3 Å². The average Bonchev–Trinajstić information content (AvgIpc) is 3.12. The molecule has 0 bridgehead atoms. The minimum atomic E-state index is -0.769. The number of likely N-dealkylation sites (N-methyl/N-ethyl adjacent to an activating group) is 1. The van der Waals surface area contributed by atoms with Crippen molar-refractivity contribution in [1.82, 2.24) is 9.80 Å². The second-order valence-electron chi connectivity index (χ2n) is 6.71. The number of amides is 1. The molecule has 1 aromatic rings. The van der Waals surface area contributed by atoms with Crippen molar-refractivity contribution in [2.75, 3.05) is 40.3 Å². The van der Waals surface area contributed by atoms with Gasteiger partial charge < -0.3 is 28.7 Å². The molecule has 28 heavy (non-hydrogen) atoms. The fraction of sp³-hybridized carbons (Fsp3) is 0.526. The van der Waals surface area contributed by atoms with Crippen molar-refractivity contribution in [1.29, 1.82) is 0 Å². The van der Waals surface area contributed by atoms with Crippen LogP contribution in [0.2, 0.25) is 0 Å². The molecular weight excluding hydrogens is 368 g/mol.